The molecule has 0 spiro atoms. The molecule has 2 rings (SSSR count). The molecule has 2 unspecified atom stereocenters. The second-order valence-corrected chi connectivity index (χ2v) is 5.01. The third-order valence-corrected chi connectivity index (χ3v) is 4.10. The minimum atomic E-state index is -0.653. The van der Waals surface area contributed by atoms with Crippen LogP contribution in [0.4, 0.5) is 0 Å². The third kappa shape index (κ3) is 2.25. The van der Waals surface area contributed by atoms with Crippen LogP contribution in [-0.4, -0.2) is 68.3 Å². The van der Waals surface area contributed by atoms with Gasteiger partial charge in [0.2, 0.25) is 0 Å². The van der Waals surface area contributed by atoms with Gasteiger partial charge in [0.15, 0.2) is 0 Å². The van der Waals surface area contributed by atoms with E-state index in [-0.39, 0.29) is 30.9 Å². The molecule has 2 bridgehead atoms. The van der Waals surface area contributed by atoms with Crippen molar-refractivity contribution in [2.45, 2.75) is 37.1 Å². The van der Waals surface area contributed by atoms with Gasteiger partial charge in [-0.2, -0.15) is 0 Å². The van der Waals surface area contributed by atoms with E-state index in [9.17, 15) is 9.90 Å². The highest BCUT2D eigenvalue weighted by Crippen LogP contribution is 2.40. The van der Waals surface area contributed by atoms with Crippen molar-refractivity contribution in [3.05, 3.63) is 0 Å². The van der Waals surface area contributed by atoms with Gasteiger partial charge < -0.3 is 19.3 Å². The molecule has 2 aliphatic heterocycles. The molecule has 0 aromatic rings. The van der Waals surface area contributed by atoms with Gasteiger partial charge in [0.1, 0.15) is 12.7 Å². The second kappa shape index (κ2) is 5.52. The first-order valence-electron chi connectivity index (χ1n) is 6.18. The average molecular weight is 259 g/mol. The van der Waals surface area contributed by atoms with Gasteiger partial charge in [0, 0.05) is 13.2 Å². The summed E-state index contributed by atoms with van der Waals surface area (Å²) in [4.78, 5) is 14.0. The van der Waals surface area contributed by atoms with Crippen molar-refractivity contribution in [1.82, 2.24) is 4.90 Å². The molecule has 104 valence electrons. The van der Waals surface area contributed by atoms with Gasteiger partial charge in [-0.3, -0.25) is 9.69 Å². The van der Waals surface area contributed by atoms with Gasteiger partial charge >= 0.3 is 5.97 Å². The zero-order chi connectivity index (χ0) is 13.3. The van der Waals surface area contributed by atoms with Gasteiger partial charge in [0.25, 0.3) is 0 Å². The van der Waals surface area contributed by atoms with Crippen molar-refractivity contribution < 1.29 is 24.1 Å². The molecule has 6 heteroatoms. The summed E-state index contributed by atoms with van der Waals surface area (Å²) in [7, 11) is 4.88. The number of rotatable bonds is 4. The highest BCUT2D eigenvalue weighted by molar-refractivity contribution is 5.74. The van der Waals surface area contributed by atoms with Crippen LogP contribution < -0.4 is 0 Å². The molecule has 2 fully saturated rings. The number of nitrogens with zero attached hydrogens (tertiary/aromatic N) is 1. The maximum Gasteiger partial charge on any atom is 0.313 e. The van der Waals surface area contributed by atoms with Gasteiger partial charge in [0.05, 0.1) is 25.4 Å². The lowest BCUT2D eigenvalue weighted by Gasteiger charge is -2.40. The summed E-state index contributed by atoms with van der Waals surface area (Å²) >= 11 is 0. The van der Waals surface area contributed by atoms with Crippen molar-refractivity contribution in [2.75, 3.05) is 28.1 Å². The van der Waals surface area contributed by atoms with E-state index in [1.54, 1.807) is 7.11 Å². The van der Waals surface area contributed by atoms with E-state index < -0.39 is 12.0 Å². The number of hydrogen-bond donors (Lipinski definition) is 1. The zero-order valence-corrected chi connectivity index (χ0v) is 11.0. The highest BCUT2D eigenvalue weighted by Gasteiger charge is 2.54. The molecule has 0 aromatic heterocycles. The van der Waals surface area contributed by atoms with Crippen molar-refractivity contribution in [2.24, 2.45) is 5.92 Å². The molecule has 2 saturated heterocycles. The minimum absolute atomic E-state index is 0.0961. The maximum absolute atomic E-state index is 11.8. The monoisotopic (exact) mass is 259 g/mol. The Morgan fingerprint density at radius 1 is 1.39 bits per heavy atom. The summed E-state index contributed by atoms with van der Waals surface area (Å²) in [6.45, 7) is 0.200. The van der Waals surface area contributed by atoms with Gasteiger partial charge in [-0.15, -0.1) is 0 Å². The largest absolute Gasteiger partial charge is 0.469 e. The molecule has 0 amide bonds. The summed E-state index contributed by atoms with van der Waals surface area (Å²) in [6.07, 6.45) is 0.648. The Kier molecular flexibility index (Phi) is 4.21. The van der Waals surface area contributed by atoms with Crippen molar-refractivity contribution in [1.29, 1.82) is 0 Å². The Balaban J connectivity index is 2.16. The van der Waals surface area contributed by atoms with Gasteiger partial charge in [-0.05, 0) is 19.9 Å². The van der Waals surface area contributed by atoms with Crippen molar-refractivity contribution >= 4 is 5.97 Å². The lowest BCUT2D eigenvalue weighted by atomic mass is 9.87. The normalized spacial score (nSPS) is 39.9. The Labute approximate surface area is 107 Å². The number of carbonyl (C=O) groups is 1. The smallest absolute Gasteiger partial charge is 0.313 e. The minimum Gasteiger partial charge on any atom is -0.469 e. The predicted octanol–water partition coefficient (Wildman–Crippen LogP) is -0.398. The van der Waals surface area contributed by atoms with E-state index in [1.165, 1.54) is 7.11 Å². The number of carbonyl (C=O) groups excluding carboxylic acids is 1. The topological polar surface area (TPSA) is 68.2 Å². The number of likely N-dealkylation sites (N-methyl/N-ethyl adjacent to an activating group) is 1. The third-order valence-electron chi connectivity index (χ3n) is 4.10. The molecule has 2 heterocycles. The molecule has 0 aliphatic carbocycles. The summed E-state index contributed by atoms with van der Waals surface area (Å²) in [6, 6.07) is 0.120. The van der Waals surface area contributed by atoms with Crippen LogP contribution in [-0.2, 0) is 19.0 Å². The number of fused-ring (bicyclic) bond motifs is 2. The summed E-state index contributed by atoms with van der Waals surface area (Å²) in [5.74, 6) is -0.911. The number of ether oxygens (including phenoxy) is 3. The van der Waals surface area contributed by atoms with E-state index in [4.69, 9.17) is 14.2 Å². The molecule has 0 saturated carbocycles. The molecular formula is C12H21NO5. The van der Waals surface area contributed by atoms with Crippen LogP contribution in [0.5, 0.6) is 0 Å². The highest BCUT2D eigenvalue weighted by atomic mass is 16.7. The number of aliphatic hydroxyl groups excluding tert-OH is 1. The standard InChI is InChI=1S/C12H21NO5/c1-13-7-4-8(14)10(12(15)17-3)11(13)9(5-7)18-6-16-2/h7-11,14H,4-6H2,1-3H3/t7?,8-,9-,10+,11?/m1/s1. The fourth-order valence-corrected chi connectivity index (χ4v) is 3.23. The lowest BCUT2D eigenvalue weighted by molar-refractivity contribution is -0.161. The average Bonchev–Trinajstić information content (AvgIpc) is 2.56. The fourth-order valence-electron chi connectivity index (χ4n) is 3.23. The van der Waals surface area contributed by atoms with Crippen LogP contribution in [0.15, 0.2) is 0 Å². The molecule has 0 aromatic carbocycles. The van der Waals surface area contributed by atoms with Crippen LogP contribution in [0.2, 0.25) is 0 Å². The molecule has 6 nitrogen and oxygen atoms in total. The van der Waals surface area contributed by atoms with E-state index in [0.29, 0.717) is 6.42 Å². The van der Waals surface area contributed by atoms with Crippen LogP contribution in [0.1, 0.15) is 12.8 Å². The van der Waals surface area contributed by atoms with Crippen molar-refractivity contribution in [3.8, 4) is 0 Å². The van der Waals surface area contributed by atoms with E-state index in [2.05, 4.69) is 4.90 Å². The maximum atomic E-state index is 11.8. The molecule has 18 heavy (non-hydrogen) atoms. The molecule has 2 aliphatic rings. The van der Waals surface area contributed by atoms with Crippen LogP contribution in [0.25, 0.3) is 0 Å². The molecule has 5 atom stereocenters. The predicted molar refractivity (Wildman–Crippen MR) is 62.8 cm³/mol. The van der Waals surface area contributed by atoms with Crippen LogP contribution in [0, 0.1) is 5.92 Å². The molecule has 0 radical (unpaired) electrons. The fraction of sp³-hybridized carbons (Fsp3) is 0.917. The summed E-state index contributed by atoms with van der Waals surface area (Å²) in [5, 5.41) is 10.1. The Bertz CT molecular complexity index is 311. The number of methoxy groups -OCH3 is 2. The Morgan fingerprint density at radius 2 is 2.11 bits per heavy atom. The Morgan fingerprint density at radius 3 is 2.72 bits per heavy atom. The first-order chi connectivity index (χ1) is 8.60. The van der Waals surface area contributed by atoms with Crippen molar-refractivity contribution in [3.63, 3.8) is 0 Å². The zero-order valence-electron chi connectivity index (χ0n) is 11.0. The SMILES string of the molecule is COCO[C@@H]1CC2C[C@@H](O)[C@H](C(=O)OC)C1N2C. The van der Waals surface area contributed by atoms with Crippen LogP contribution >= 0.6 is 0 Å². The second-order valence-electron chi connectivity index (χ2n) is 5.01. The quantitative estimate of drug-likeness (QED) is 0.547. The molecule has 1 N–H and O–H groups in total. The first-order valence-corrected chi connectivity index (χ1v) is 6.18. The van der Waals surface area contributed by atoms with E-state index in [0.717, 1.165) is 6.42 Å². The number of hydrogen-bond acceptors (Lipinski definition) is 6. The van der Waals surface area contributed by atoms with E-state index in [1.807, 2.05) is 7.05 Å². The number of aliphatic hydroxyl groups is 1. The molecular weight excluding hydrogens is 238 g/mol. The first kappa shape index (κ1) is 13.7. The van der Waals surface area contributed by atoms with Gasteiger partial charge in [-0.25, -0.2) is 0 Å². The summed E-state index contributed by atoms with van der Waals surface area (Å²) < 4.78 is 15.3. The number of esters is 1. The van der Waals surface area contributed by atoms with E-state index >= 15 is 0 Å². The Hall–Kier alpha value is -0.690. The van der Waals surface area contributed by atoms with Gasteiger partial charge in [-0.1, -0.05) is 0 Å². The van der Waals surface area contributed by atoms with Crippen LogP contribution in [0.3, 0.4) is 0 Å². The lowest BCUT2D eigenvalue weighted by Crippen LogP contribution is -2.54. The summed E-state index contributed by atoms with van der Waals surface area (Å²) in [5.41, 5.74) is 0. The number of piperidine rings is 1.